The number of carbonyl (C=O) groups is 1. The van der Waals surface area contributed by atoms with Crippen molar-refractivity contribution in [3.8, 4) is 0 Å². The first-order chi connectivity index (χ1) is 25.4. The van der Waals surface area contributed by atoms with Gasteiger partial charge in [-0.25, -0.2) is 4.57 Å². The number of hydrogen-bond acceptors (Lipinski definition) is 7. The molecular formula is C43H78NO7P. The van der Waals surface area contributed by atoms with Gasteiger partial charge in [0.15, 0.2) is 6.10 Å². The van der Waals surface area contributed by atoms with Crippen molar-refractivity contribution in [1.29, 1.82) is 0 Å². The normalized spacial score (nSPS) is 14.1. The Hall–Kier alpha value is -1.96. The fourth-order valence-corrected chi connectivity index (χ4v) is 6.14. The zero-order valence-corrected chi connectivity index (χ0v) is 34.2. The number of rotatable bonds is 39. The lowest BCUT2D eigenvalue weighted by Crippen LogP contribution is -2.27. The predicted molar refractivity (Wildman–Crippen MR) is 219 cm³/mol. The topological polar surface area (TPSA) is 117 Å². The molecule has 2 atom stereocenters. The third kappa shape index (κ3) is 39.3. The van der Waals surface area contributed by atoms with E-state index in [0.717, 1.165) is 57.8 Å². The first-order valence-corrected chi connectivity index (χ1v) is 22.3. The molecule has 0 saturated carbocycles. The minimum Gasteiger partial charge on any atom is -0.498 e. The van der Waals surface area contributed by atoms with E-state index in [1.807, 2.05) is 6.08 Å². The molecule has 0 fully saturated rings. The first kappa shape index (κ1) is 50.0. The molecule has 0 saturated heterocycles. The van der Waals surface area contributed by atoms with Gasteiger partial charge in [0.1, 0.15) is 6.61 Å². The van der Waals surface area contributed by atoms with Crippen LogP contribution in [-0.2, 0) is 27.9 Å². The Balaban J connectivity index is 4.18. The van der Waals surface area contributed by atoms with Crippen LogP contribution in [0.3, 0.4) is 0 Å². The number of phosphoric ester groups is 1. The summed E-state index contributed by atoms with van der Waals surface area (Å²) in [4.78, 5) is 22.4. The van der Waals surface area contributed by atoms with Crippen LogP contribution in [0, 0.1) is 0 Å². The van der Waals surface area contributed by atoms with E-state index >= 15 is 0 Å². The third-order valence-electron chi connectivity index (χ3n) is 8.47. The van der Waals surface area contributed by atoms with Crippen LogP contribution >= 0.6 is 7.82 Å². The minimum absolute atomic E-state index is 0.0174. The van der Waals surface area contributed by atoms with Gasteiger partial charge in [0.05, 0.1) is 19.5 Å². The second-order valence-electron chi connectivity index (χ2n) is 13.6. The van der Waals surface area contributed by atoms with Crippen LogP contribution in [0.4, 0.5) is 0 Å². The molecule has 0 aliphatic rings. The van der Waals surface area contributed by atoms with Crippen molar-refractivity contribution in [3.05, 3.63) is 60.9 Å². The molecule has 0 spiro atoms. The van der Waals surface area contributed by atoms with Crippen LogP contribution in [0.5, 0.6) is 0 Å². The number of phosphoric acid groups is 1. The monoisotopic (exact) mass is 752 g/mol. The highest BCUT2D eigenvalue weighted by atomic mass is 31.2. The fourth-order valence-electron chi connectivity index (χ4n) is 5.37. The van der Waals surface area contributed by atoms with Gasteiger partial charge in [-0.2, -0.15) is 0 Å². The van der Waals surface area contributed by atoms with Crippen molar-refractivity contribution in [2.45, 2.75) is 180 Å². The number of esters is 1. The summed E-state index contributed by atoms with van der Waals surface area (Å²) in [5.74, 6) is -0.377. The molecule has 9 heteroatoms. The second-order valence-corrected chi connectivity index (χ2v) is 15.0. The summed E-state index contributed by atoms with van der Waals surface area (Å²) >= 11 is 0. The van der Waals surface area contributed by atoms with Gasteiger partial charge in [0.2, 0.25) is 0 Å². The van der Waals surface area contributed by atoms with Gasteiger partial charge >= 0.3 is 13.8 Å². The number of ether oxygens (including phenoxy) is 2. The van der Waals surface area contributed by atoms with Gasteiger partial charge in [0, 0.05) is 13.0 Å². The Kier molecular flexibility index (Phi) is 38.7. The minimum atomic E-state index is -4.30. The molecule has 8 nitrogen and oxygen atoms in total. The van der Waals surface area contributed by atoms with Gasteiger partial charge in [0.25, 0.3) is 0 Å². The molecule has 0 aromatic carbocycles. The van der Waals surface area contributed by atoms with E-state index in [2.05, 4.69) is 62.5 Å². The first-order valence-electron chi connectivity index (χ1n) is 20.8. The van der Waals surface area contributed by atoms with Crippen molar-refractivity contribution < 1.29 is 32.8 Å². The SMILES string of the molecule is CCCCCC=CCC=CCC=CCCCCCCC(=O)OC(COC=CCCCCCCCCC=CCCCCCC)COP(=O)(O)OCCN. The quantitative estimate of drug-likeness (QED) is 0.0210. The highest BCUT2D eigenvalue weighted by molar-refractivity contribution is 7.47. The van der Waals surface area contributed by atoms with Crippen LogP contribution in [0.15, 0.2) is 60.9 Å². The predicted octanol–water partition coefficient (Wildman–Crippen LogP) is 12.5. The average Bonchev–Trinajstić information content (AvgIpc) is 3.13. The number of hydrogen-bond donors (Lipinski definition) is 2. The maximum absolute atomic E-state index is 12.5. The largest absolute Gasteiger partial charge is 0.498 e. The molecule has 52 heavy (non-hydrogen) atoms. The van der Waals surface area contributed by atoms with Gasteiger partial charge < -0.3 is 20.1 Å². The number of unbranched alkanes of at least 4 members (excludes halogenated alkanes) is 18. The Bertz CT molecular complexity index is 979. The lowest BCUT2D eigenvalue weighted by atomic mass is 10.1. The average molecular weight is 752 g/mol. The van der Waals surface area contributed by atoms with Gasteiger partial charge in [-0.15, -0.1) is 0 Å². The van der Waals surface area contributed by atoms with E-state index in [-0.39, 0.29) is 38.8 Å². The molecule has 0 amide bonds. The Morgan fingerprint density at radius 1 is 0.596 bits per heavy atom. The summed E-state index contributed by atoms with van der Waals surface area (Å²) in [5, 5.41) is 0. The summed E-state index contributed by atoms with van der Waals surface area (Å²) in [6.07, 6.45) is 48.9. The summed E-state index contributed by atoms with van der Waals surface area (Å²) < 4.78 is 33.1. The molecule has 0 aromatic rings. The molecule has 302 valence electrons. The Labute approximate surface area is 319 Å². The molecular weight excluding hydrogens is 673 g/mol. The molecule has 0 aliphatic heterocycles. The number of carbonyl (C=O) groups excluding carboxylic acids is 1. The van der Waals surface area contributed by atoms with Crippen LogP contribution in [0.25, 0.3) is 0 Å². The van der Waals surface area contributed by atoms with Crippen LogP contribution in [0.1, 0.15) is 174 Å². The summed E-state index contributed by atoms with van der Waals surface area (Å²) in [7, 11) is -4.30. The van der Waals surface area contributed by atoms with Gasteiger partial charge in [-0.1, -0.05) is 133 Å². The van der Waals surface area contributed by atoms with Crippen molar-refractivity contribution in [1.82, 2.24) is 0 Å². The molecule has 0 aliphatic carbocycles. The molecule has 0 radical (unpaired) electrons. The molecule has 2 unspecified atom stereocenters. The molecule has 0 rings (SSSR count). The van der Waals surface area contributed by atoms with Crippen LogP contribution in [0.2, 0.25) is 0 Å². The number of allylic oxidation sites excluding steroid dienone is 9. The lowest BCUT2D eigenvalue weighted by Gasteiger charge is -2.19. The zero-order chi connectivity index (χ0) is 38.1. The number of nitrogens with two attached hydrogens (primary N) is 1. The summed E-state index contributed by atoms with van der Waals surface area (Å²) in [6, 6.07) is 0. The third-order valence-corrected chi connectivity index (χ3v) is 9.46. The second kappa shape index (κ2) is 40.2. The van der Waals surface area contributed by atoms with Crippen LogP contribution in [-0.4, -0.2) is 43.3 Å². The highest BCUT2D eigenvalue weighted by Gasteiger charge is 2.25. The highest BCUT2D eigenvalue weighted by Crippen LogP contribution is 2.43. The van der Waals surface area contributed by atoms with Gasteiger partial charge in [-0.3, -0.25) is 13.8 Å². The van der Waals surface area contributed by atoms with Gasteiger partial charge in [-0.05, 0) is 89.5 Å². The van der Waals surface area contributed by atoms with Crippen molar-refractivity contribution in [2.75, 3.05) is 26.4 Å². The van der Waals surface area contributed by atoms with E-state index in [1.54, 1.807) is 6.26 Å². The smallest absolute Gasteiger partial charge is 0.472 e. The Morgan fingerprint density at radius 2 is 1.04 bits per heavy atom. The fraction of sp³-hybridized carbons (Fsp3) is 0.744. The zero-order valence-electron chi connectivity index (χ0n) is 33.3. The van der Waals surface area contributed by atoms with E-state index in [9.17, 15) is 14.3 Å². The van der Waals surface area contributed by atoms with Crippen molar-refractivity contribution in [2.24, 2.45) is 5.73 Å². The Morgan fingerprint density at radius 3 is 1.60 bits per heavy atom. The van der Waals surface area contributed by atoms with E-state index < -0.39 is 13.9 Å². The van der Waals surface area contributed by atoms with Crippen molar-refractivity contribution in [3.63, 3.8) is 0 Å². The molecule has 0 aromatic heterocycles. The summed E-state index contributed by atoms with van der Waals surface area (Å²) in [5.41, 5.74) is 5.35. The van der Waals surface area contributed by atoms with Crippen molar-refractivity contribution >= 4 is 13.8 Å². The molecule has 3 N–H and O–H groups in total. The van der Waals surface area contributed by atoms with E-state index in [0.29, 0.717) is 0 Å². The summed E-state index contributed by atoms with van der Waals surface area (Å²) in [6.45, 7) is 4.16. The van der Waals surface area contributed by atoms with E-state index in [1.165, 1.54) is 96.3 Å². The standard InChI is InChI=1S/C43H78NO7P/c1-3-5-7-9-11-13-15-17-19-21-22-24-26-28-30-32-34-36-43(45)51-42(41-50-52(46,47)49-39-37-44)40-48-38-35-33-31-29-27-25-23-20-18-16-14-12-10-8-6-4-2/h11,13-14,16-17,19,22,24,35,38,42H,3-10,12,15,18,20-21,23,25-34,36-37,39-41,44H2,1-2H3,(H,46,47). The van der Waals surface area contributed by atoms with Crippen LogP contribution < -0.4 is 5.73 Å². The molecule has 0 bridgehead atoms. The maximum Gasteiger partial charge on any atom is 0.472 e. The van der Waals surface area contributed by atoms with E-state index in [4.69, 9.17) is 24.3 Å². The lowest BCUT2D eigenvalue weighted by molar-refractivity contribution is -0.153. The molecule has 0 heterocycles. The maximum atomic E-state index is 12.5.